The lowest BCUT2D eigenvalue weighted by molar-refractivity contribution is 0.289. The van der Waals surface area contributed by atoms with Crippen LogP contribution in [0.4, 0.5) is 8.78 Å². The van der Waals surface area contributed by atoms with Gasteiger partial charge in [0.2, 0.25) is 0 Å². The van der Waals surface area contributed by atoms with E-state index in [4.69, 9.17) is 0 Å². The minimum atomic E-state index is -0.759. The molecule has 3 rings (SSSR count). The lowest BCUT2D eigenvalue weighted by Gasteiger charge is -2.26. The Kier molecular flexibility index (Phi) is 8.78. The molecule has 0 saturated heterocycles. The summed E-state index contributed by atoms with van der Waals surface area (Å²) >= 11 is 0. The Balaban J connectivity index is 1.37. The van der Waals surface area contributed by atoms with Gasteiger partial charge in [-0.1, -0.05) is 56.6 Å². The summed E-state index contributed by atoms with van der Waals surface area (Å²) in [5.41, 5.74) is 0.931. The van der Waals surface area contributed by atoms with Gasteiger partial charge in [-0.15, -0.1) is 0 Å². The molecule has 2 heteroatoms. The summed E-state index contributed by atoms with van der Waals surface area (Å²) in [6, 6.07) is 4.35. The van der Waals surface area contributed by atoms with E-state index in [0.29, 0.717) is 11.8 Å². The van der Waals surface area contributed by atoms with Gasteiger partial charge >= 0.3 is 0 Å². The van der Waals surface area contributed by atoms with Crippen molar-refractivity contribution in [2.45, 2.75) is 89.9 Å². The van der Waals surface area contributed by atoms with Crippen molar-refractivity contribution in [1.29, 1.82) is 0 Å². The molecular formula is C27H36F2. The number of hydrogen-bond acceptors (Lipinski definition) is 0. The molecule has 158 valence electrons. The summed E-state index contributed by atoms with van der Waals surface area (Å²) in [6.07, 6.45) is 19.5. The SMILES string of the molecule is CCCCC[C@H]1CC[C@H](C=CC#C[C@H]2CC[C@H](c3ccc(F)c(F)c3)CC2)CC1. The van der Waals surface area contributed by atoms with E-state index >= 15 is 0 Å². The highest BCUT2D eigenvalue weighted by Crippen LogP contribution is 2.36. The van der Waals surface area contributed by atoms with Crippen molar-refractivity contribution in [1.82, 2.24) is 0 Å². The van der Waals surface area contributed by atoms with Gasteiger partial charge in [-0.2, -0.15) is 0 Å². The Labute approximate surface area is 176 Å². The average Bonchev–Trinajstić information content (AvgIpc) is 2.75. The zero-order chi connectivity index (χ0) is 20.5. The monoisotopic (exact) mass is 398 g/mol. The van der Waals surface area contributed by atoms with Gasteiger partial charge in [-0.25, -0.2) is 8.78 Å². The lowest BCUT2D eigenvalue weighted by atomic mass is 9.79. The van der Waals surface area contributed by atoms with E-state index < -0.39 is 11.6 Å². The molecule has 0 bridgehead atoms. The molecule has 0 heterocycles. The van der Waals surface area contributed by atoms with Crippen LogP contribution >= 0.6 is 0 Å². The fraction of sp³-hybridized carbons (Fsp3) is 0.630. The first kappa shape index (κ1) is 22.1. The van der Waals surface area contributed by atoms with Crippen LogP contribution in [-0.4, -0.2) is 0 Å². The minimum Gasteiger partial charge on any atom is -0.204 e. The molecule has 2 saturated carbocycles. The van der Waals surface area contributed by atoms with Gasteiger partial charge in [0.25, 0.3) is 0 Å². The highest BCUT2D eigenvalue weighted by molar-refractivity contribution is 5.23. The third-order valence-electron chi connectivity index (χ3n) is 6.99. The summed E-state index contributed by atoms with van der Waals surface area (Å²) in [5, 5.41) is 0. The molecule has 2 aliphatic carbocycles. The maximum atomic E-state index is 13.5. The number of unbranched alkanes of at least 4 members (excludes halogenated alkanes) is 2. The highest BCUT2D eigenvalue weighted by Gasteiger charge is 2.22. The molecule has 2 aliphatic rings. The van der Waals surface area contributed by atoms with Gasteiger partial charge in [-0.3, -0.25) is 0 Å². The highest BCUT2D eigenvalue weighted by atomic mass is 19.2. The van der Waals surface area contributed by atoms with Crippen LogP contribution in [0.2, 0.25) is 0 Å². The molecule has 0 radical (unpaired) electrons. The van der Waals surface area contributed by atoms with Crippen molar-refractivity contribution >= 4 is 0 Å². The first-order valence-corrected chi connectivity index (χ1v) is 11.8. The molecular weight excluding hydrogens is 362 g/mol. The third kappa shape index (κ3) is 6.98. The quantitative estimate of drug-likeness (QED) is 0.335. The second-order valence-electron chi connectivity index (χ2n) is 9.15. The molecule has 0 nitrogen and oxygen atoms in total. The molecule has 0 unspecified atom stereocenters. The van der Waals surface area contributed by atoms with E-state index in [1.807, 2.05) is 0 Å². The molecule has 0 atom stereocenters. The fourth-order valence-corrected chi connectivity index (χ4v) is 5.04. The molecule has 2 fully saturated rings. The normalized spacial score (nSPS) is 27.6. The summed E-state index contributed by atoms with van der Waals surface area (Å²) in [6.45, 7) is 2.28. The van der Waals surface area contributed by atoms with E-state index in [0.717, 1.165) is 43.1 Å². The zero-order valence-corrected chi connectivity index (χ0v) is 17.9. The molecule has 29 heavy (non-hydrogen) atoms. The van der Waals surface area contributed by atoms with E-state index in [-0.39, 0.29) is 0 Å². The van der Waals surface area contributed by atoms with E-state index in [2.05, 4.69) is 30.9 Å². The first-order valence-electron chi connectivity index (χ1n) is 11.8. The summed E-state index contributed by atoms with van der Waals surface area (Å²) < 4.78 is 26.6. The Bertz CT molecular complexity index is 708. The van der Waals surface area contributed by atoms with Crippen LogP contribution in [0.3, 0.4) is 0 Å². The maximum Gasteiger partial charge on any atom is 0.159 e. The number of rotatable bonds is 6. The smallest absolute Gasteiger partial charge is 0.159 e. The third-order valence-corrected chi connectivity index (χ3v) is 6.99. The molecule has 1 aromatic carbocycles. The Morgan fingerprint density at radius 2 is 1.69 bits per heavy atom. The molecule has 0 amide bonds. The summed E-state index contributed by atoms with van der Waals surface area (Å²) in [5.74, 6) is 7.68. The van der Waals surface area contributed by atoms with Crippen molar-refractivity contribution in [3.63, 3.8) is 0 Å². The second kappa shape index (κ2) is 11.5. The largest absolute Gasteiger partial charge is 0.204 e. The van der Waals surface area contributed by atoms with Gasteiger partial charge in [-0.05, 0) is 92.9 Å². The van der Waals surface area contributed by atoms with Crippen molar-refractivity contribution in [2.75, 3.05) is 0 Å². The van der Waals surface area contributed by atoms with Crippen LogP contribution in [0.1, 0.15) is 95.5 Å². The van der Waals surface area contributed by atoms with Crippen molar-refractivity contribution in [2.24, 2.45) is 17.8 Å². The van der Waals surface area contributed by atoms with E-state index in [9.17, 15) is 8.78 Å². The number of benzene rings is 1. The molecule has 1 aromatic rings. The van der Waals surface area contributed by atoms with Gasteiger partial charge in [0, 0.05) is 5.92 Å². The number of hydrogen-bond donors (Lipinski definition) is 0. The molecule has 0 aliphatic heterocycles. The van der Waals surface area contributed by atoms with E-state index in [1.54, 1.807) is 6.07 Å². The first-order chi connectivity index (χ1) is 14.2. The van der Waals surface area contributed by atoms with Crippen molar-refractivity contribution in [3.05, 3.63) is 47.5 Å². The molecule has 0 N–H and O–H groups in total. The standard InChI is InChI=1S/C27H36F2/c1-2-3-4-7-21-10-12-22(13-11-21)8-5-6-9-23-14-16-24(17-15-23)25-18-19-26(28)27(29)20-25/h5,8,18-24H,2-4,7,10-17H2,1H3/t21-,22-,23-,24-. The van der Waals surface area contributed by atoms with Crippen molar-refractivity contribution in [3.8, 4) is 11.8 Å². The van der Waals surface area contributed by atoms with Crippen LogP contribution in [0.25, 0.3) is 0 Å². The summed E-state index contributed by atoms with van der Waals surface area (Å²) in [7, 11) is 0. The van der Waals surface area contributed by atoms with Crippen LogP contribution in [-0.2, 0) is 0 Å². The van der Waals surface area contributed by atoms with Crippen LogP contribution in [0, 0.1) is 41.2 Å². The molecule has 0 spiro atoms. The van der Waals surface area contributed by atoms with Gasteiger partial charge in [0.15, 0.2) is 11.6 Å². The summed E-state index contributed by atoms with van der Waals surface area (Å²) in [4.78, 5) is 0. The van der Waals surface area contributed by atoms with Crippen LogP contribution in [0.5, 0.6) is 0 Å². The van der Waals surface area contributed by atoms with Gasteiger partial charge < -0.3 is 0 Å². The topological polar surface area (TPSA) is 0 Å². The molecule has 0 aromatic heterocycles. The van der Waals surface area contributed by atoms with Crippen LogP contribution in [0.15, 0.2) is 30.4 Å². The second-order valence-corrected chi connectivity index (χ2v) is 9.15. The lowest BCUT2D eigenvalue weighted by Crippen LogP contribution is -2.13. The van der Waals surface area contributed by atoms with Gasteiger partial charge in [0.05, 0.1) is 0 Å². The number of allylic oxidation sites excluding steroid dienone is 2. The van der Waals surface area contributed by atoms with E-state index in [1.165, 1.54) is 63.5 Å². The minimum absolute atomic E-state index is 0.339. The Hall–Kier alpha value is -1.62. The zero-order valence-electron chi connectivity index (χ0n) is 17.9. The maximum absolute atomic E-state index is 13.5. The predicted molar refractivity (Wildman–Crippen MR) is 118 cm³/mol. The predicted octanol–water partition coefficient (Wildman–Crippen LogP) is 8.18. The van der Waals surface area contributed by atoms with Gasteiger partial charge in [0.1, 0.15) is 0 Å². The Morgan fingerprint density at radius 3 is 2.38 bits per heavy atom. The average molecular weight is 399 g/mol. The Morgan fingerprint density at radius 1 is 0.931 bits per heavy atom. The van der Waals surface area contributed by atoms with Crippen LogP contribution < -0.4 is 0 Å². The van der Waals surface area contributed by atoms with Crippen molar-refractivity contribution < 1.29 is 8.78 Å². The number of halogens is 2. The fourth-order valence-electron chi connectivity index (χ4n) is 5.04.